The zero-order chi connectivity index (χ0) is 15.5. The second kappa shape index (κ2) is 6.02. The molecule has 0 saturated carbocycles. The second-order valence-electron chi connectivity index (χ2n) is 5.76. The summed E-state index contributed by atoms with van der Waals surface area (Å²) in [4.78, 5) is 19.2. The number of benzene rings is 1. The Kier molecular flexibility index (Phi) is 3.92. The third-order valence-electron chi connectivity index (χ3n) is 3.38. The Labute approximate surface area is 129 Å². The van der Waals surface area contributed by atoms with Crippen LogP contribution >= 0.6 is 0 Å². The number of H-pyrrole nitrogens is 1. The maximum Gasteiger partial charge on any atom is 0.363 e. The molecule has 0 unspecified atom stereocenters. The number of aliphatic imine (C=N–C) groups is 1. The van der Waals surface area contributed by atoms with Gasteiger partial charge in [-0.15, -0.1) is 0 Å². The lowest BCUT2D eigenvalue weighted by Crippen LogP contribution is -2.05. The van der Waals surface area contributed by atoms with Crippen LogP contribution in [0.25, 0.3) is 6.08 Å². The highest BCUT2D eigenvalue weighted by Crippen LogP contribution is 2.19. The predicted octanol–water partition coefficient (Wildman–Crippen LogP) is 3.56. The third kappa shape index (κ3) is 3.17. The molecular formula is C18H18N2O2. The number of nitrogens with one attached hydrogen (secondary N) is 1. The first-order chi connectivity index (χ1) is 10.6. The van der Waals surface area contributed by atoms with Crippen molar-refractivity contribution in [1.29, 1.82) is 0 Å². The van der Waals surface area contributed by atoms with Gasteiger partial charge in [0.25, 0.3) is 0 Å². The average Bonchev–Trinajstić information content (AvgIpc) is 3.10. The minimum Gasteiger partial charge on any atom is -0.402 e. The fraction of sp³-hybridized carbons (Fsp3) is 0.222. The molecule has 0 bridgehead atoms. The molecule has 1 aliphatic rings. The first-order valence-corrected chi connectivity index (χ1v) is 7.37. The van der Waals surface area contributed by atoms with Crippen molar-refractivity contribution in [2.45, 2.75) is 20.3 Å². The number of aromatic amines is 1. The minimum atomic E-state index is -0.421. The smallest absolute Gasteiger partial charge is 0.363 e. The van der Waals surface area contributed by atoms with E-state index in [1.165, 1.54) is 5.56 Å². The van der Waals surface area contributed by atoms with Gasteiger partial charge in [-0.2, -0.15) is 0 Å². The summed E-state index contributed by atoms with van der Waals surface area (Å²) in [7, 11) is 0. The molecule has 1 N–H and O–H groups in total. The van der Waals surface area contributed by atoms with Gasteiger partial charge in [-0.05, 0) is 48.2 Å². The fourth-order valence-corrected chi connectivity index (χ4v) is 2.37. The molecule has 0 spiro atoms. The summed E-state index contributed by atoms with van der Waals surface area (Å²) in [5.41, 5.74) is 3.22. The molecule has 2 aromatic rings. The van der Waals surface area contributed by atoms with Crippen molar-refractivity contribution in [3.05, 3.63) is 65.1 Å². The van der Waals surface area contributed by atoms with E-state index in [1.54, 1.807) is 12.3 Å². The predicted molar refractivity (Wildman–Crippen MR) is 86.4 cm³/mol. The number of carbonyl (C=O) groups excluding carboxylic acids is 1. The minimum absolute atomic E-state index is 0.309. The van der Waals surface area contributed by atoms with Crippen LogP contribution in [0.1, 0.15) is 30.7 Å². The molecule has 0 amide bonds. The van der Waals surface area contributed by atoms with E-state index in [1.807, 2.05) is 24.3 Å². The van der Waals surface area contributed by atoms with E-state index in [9.17, 15) is 4.79 Å². The zero-order valence-corrected chi connectivity index (χ0v) is 12.7. The van der Waals surface area contributed by atoms with Gasteiger partial charge in [0.2, 0.25) is 5.90 Å². The number of hydrogen-bond donors (Lipinski definition) is 1. The van der Waals surface area contributed by atoms with Gasteiger partial charge in [-0.3, -0.25) is 0 Å². The van der Waals surface area contributed by atoms with Crippen molar-refractivity contribution in [3.63, 3.8) is 0 Å². The Morgan fingerprint density at radius 3 is 2.64 bits per heavy atom. The molecule has 0 radical (unpaired) electrons. The van der Waals surface area contributed by atoms with Crippen LogP contribution in [-0.4, -0.2) is 16.9 Å². The molecule has 4 heteroatoms. The van der Waals surface area contributed by atoms with E-state index in [0.29, 0.717) is 17.5 Å². The highest BCUT2D eigenvalue weighted by atomic mass is 16.6. The summed E-state index contributed by atoms with van der Waals surface area (Å²) in [5.74, 6) is 0.553. The first kappa shape index (κ1) is 14.3. The molecule has 2 heterocycles. The summed E-state index contributed by atoms with van der Waals surface area (Å²) in [6.07, 6.45) is 4.51. The number of ether oxygens (including phenoxy) is 1. The molecule has 112 valence electrons. The van der Waals surface area contributed by atoms with Gasteiger partial charge in [0.05, 0.1) is 0 Å². The third-order valence-corrected chi connectivity index (χ3v) is 3.38. The van der Waals surface area contributed by atoms with Crippen molar-refractivity contribution in [3.8, 4) is 0 Å². The first-order valence-electron chi connectivity index (χ1n) is 7.37. The van der Waals surface area contributed by atoms with E-state index >= 15 is 0 Å². The maximum atomic E-state index is 11.9. The largest absolute Gasteiger partial charge is 0.402 e. The van der Waals surface area contributed by atoms with Gasteiger partial charge < -0.3 is 9.72 Å². The summed E-state index contributed by atoms with van der Waals surface area (Å²) in [5, 5.41) is 0. The van der Waals surface area contributed by atoms with Crippen molar-refractivity contribution in [1.82, 2.24) is 4.98 Å². The van der Waals surface area contributed by atoms with E-state index in [-0.39, 0.29) is 0 Å². The normalized spacial score (nSPS) is 16.2. The molecule has 1 aromatic heterocycles. The van der Waals surface area contributed by atoms with Gasteiger partial charge in [-0.1, -0.05) is 26.0 Å². The van der Waals surface area contributed by atoms with E-state index in [0.717, 1.165) is 17.7 Å². The quantitative estimate of drug-likeness (QED) is 0.692. The highest BCUT2D eigenvalue weighted by Gasteiger charge is 2.24. The second-order valence-corrected chi connectivity index (χ2v) is 5.76. The van der Waals surface area contributed by atoms with Crippen LogP contribution in [0, 0.1) is 5.92 Å². The summed E-state index contributed by atoms with van der Waals surface area (Å²) >= 11 is 0. The molecule has 1 aliphatic heterocycles. The Balaban J connectivity index is 1.82. The number of rotatable bonds is 4. The average molecular weight is 294 g/mol. The molecule has 0 fully saturated rings. The lowest BCUT2D eigenvalue weighted by Gasteiger charge is -2.05. The molecule has 22 heavy (non-hydrogen) atoms. The van der Waals surface area contributed by atoms with Crippen LogP contribution in [0.4, 0.5) is 0 Å². The number of aromatic nitrogens is 1. The van der Waals surface area contributed by atoms with Gasteiger partial charge in [0, 0.05) is 17.5 Å². The van der Waals surface area contributed by atoms with Crippen LogP contribution in [0.5, 0.6) is 0 Å². The lowest BCUT2D eigenvalue weighted by molar-refractivity contribution is -0.129. The van der Waals surface area contributed by atoms with Crippen LogP contribution in [0.3, 0.4) is 0 Å². The van der Waals surface area contributed by atoms with Crippen LogP contribution in [0.15, 0.2) is 53.3 Å². The number of carbonyl (C=O) groups is 1. The van der Waals surface area contributed by atoms with Crippen molar-refractivity contribution in [2.75, 3.05) is 0 Å². The van der Waals surface area contributed by atoms with Gasteiger partial charge >= 0.3 is 5.97 Å². The molecule has 0 atom stereocenters. The number of hydrogen-bond acceptors (Lipinski definition) is 3. The van der Waals surface area contributed by atoms with Crippen molar-refractivity contribution in [2.24, 2.45) is 10.9 Å². The Hall–Kier alpha value is -2.62. The lowest BCUT2D eigenvalue weighted by atomic mass is 10.0. The van der Waals surface area contributed by atoms with Crippen LogP contribution < -0.4 is 0 Å². The highest BCUT2D eigenvalue weighted by molar-refractivity contribution is 6.12. The topological polar surface area (TPSA) is 54.5 Å². The van der Waals surface area contributed by atoms with Gasteiger partial charge in [-0.25, -0.2) is 9.79 Å². The van der Waals surface area contributed by atoms with Crippen LogP contribution in [0.2, 0.25) is 0 Å². The van der Waals surface area contributed by atoms with E-state index < -0.39 is 5.97 Å². The van der Waals surface area contributed by atoms with E-state index in [4.69, 9.17) is 4.74 Å². The summed E-state index contributed by atoms with van der Waals surface area (Å²) < 4.78 is 5.26. The summed E-state index contributed by atoms with van der Waals surface area (Å²) in [6, 6.07) is 11.7. The Morgan fingerprint density at radius 2 is 2.00 bits per heavy atom. The molecule has 0 aliphatic carbocycles. The van der Waals surface area contributed by atoms with Gasteiger partial charge in [0.1, 0.15) is 0 Å². The molecule has 1 aromatic carbocycles. The number of nitrogens with zero attached hydrogens (tertiary/aromatic N) is 1. The van der Waals surface area contributed by atoms with E-state index in [2.05, 4.69) is 36.0 Å². The fourth-order valence-electron chi connectivity index (χ4n) is 2.37. The SMILES string of the molecule is CC(C)Cc1ccc(C2=NC(=Cc3ccc[nH]3)C(=O)O2)cc1. The molecule has 3 rings (SSSR count). The van der Waals surface area contributed by atoms with Gasteiger partial charge in [0.15, 0.2) is 5.70 Å². The monoisotopic (exact) mass is 294 g/mol. The Bertz CT molecular complexity index is 723. The molecular weight excluding hydrogens is 276 g/mol. The zero-order valence-electron chi connectivity index (χ0n) is 12.7. The molecule has 0 saturated heterocycles. The standard InChI is InChI=1S/C18H18N2O2/c1-12(2)10-13-5-7-14(8-6-13)17-20-16(18(21)22-17)11-15-4-3-9-19-15/h3-9,11-12,19H,10H2,1-2H3. The maximum absolute atomic E-state index is 11.9. The van der Waals surface area contributed by atoms with Crippen molar-refractivity contribution >= 4 is 17.9 Å². The summed E-state index contributed by atoms with van der Waals surface area (Å²) in [6.45, 7) is 4.38. The molecule has 4 nitrogen and oxygen atoms in total. The number of esters is 1. The number of cyclic esters (lactones) is 1. The van der Waals surface area contributed by atoms with Crippen LogP contribution in [-0.2, 0) is 16.0 Å². The Morgan fingerprint density at radius 1 is 1.23 bits per heavy atom. The van der Waals surface area contributed by atoms with Crippen molar-refractivity contribution < 1.29 is 9.53 Å².